The normalized spacial score (nSPS) is 13.9. The van der Waals surface area contributed by atoms with Gasteiger partial charge in [0.1, 0.15) is 0 Å². The Balaban J connectivity index is 2.79. The van der Waals surface area contributed by atoms with Crippen molar-refractivity contribution >= 4 is 10.1 Å². The third kappa shape index (κ3) is 5.57. The van der Waals surface area contributed by atoms with Gasteiger partial charge in [-0.05, 0) is 77.6 Å². The average Bonchev–Trinajstić information content (AvgIpc) is 2.57. The van der Waals surface area contributed by atoms with Gasteiger partial charge in [0.05, 0.1) is 11.7 Å². The van der Waals surface area contributed by atoms with Gasteiger partial charge < -0.3 is 8.92 Å². The van der Waals surface area contributed by atoms with Gasteiger partial charge in [-0.1, -0.05) is 18.2 Å². The molecule has 1 unspecified atom stereocenters. The average molecular weight is 460 g/mol. The van der Waals surface area contributed by atoms with Crippen LogP contribution in [-0.2, 0) is 14.9 Å². The summed E-state index contributed by atoms with van der Waals surface area (Å²) < 4.78 is 72.4. The Morgan fingerprint density at radius 1 is 1.00 bits per heavy atom. The van der Waals surface area contributed by atoms with Crippen molar-refractivity contribution in [2.24, 2.45) is 0 Å². The molecular formula is C22H28F3NO4S. The van der Waals surface area contributed by atoms with Gasteiger partial charge in [0.2, 0.25) is 5.88 Å². The summed E-state index contributed by atoms with van der Waals surface area (Å²) in [4.78, 5) is 4.08. The first-order chi connectivity index (χ1) is 13.9. The summed E-state index contributed by atoms with van der Waals surface area (Å²) in [6, 6.07) is 5.79. The van der Waals surface area contributed by atoms with Crippen LogP contribution in [0.5, 0.6) is 5.88 Å². The molecule has 0 bridgehead atoms. The number of nitrogens with zero attached hydrogens (tertiary/aromatic N) is 1. The molecule has 1 aromatic carbocycles. The number of rotatable bonds is 5. The summed E-state index contributed by atoms with van der Waals surface area (Å²) in [7, 11) is -5.86. The van der Waals surface area contributed by atoms with Gasteiger partial charge in [0.15, 0.2) is 0 Å². The van der Waals surface area contributed by atoms with Crippen LogP contribution in [0.3, 0.4) is 0 Å². The summed E-state index contributed by atoms with van der Waals surface area (Å²) in [6.45, 7) is 14.3. The molecule has 0 saturated carbocycles. The number of ether oxygens (including phenoxy) is 1. The smallest absolute Gasteiger partial charge is 0.368 e. The molecule has 0 radical (unpaired) electrons. The van der Waals surface area contributed by atoms with Crippen LogP contribution >= 0.6 is 0 Å². The summed E-state index contributed by atoms with van der Waals surface area (Å²) >= 11 is 0. The number of halogens is 3. The van der Waals surface area contributed by atoms with Crippen molar-refractivity contribution in [1.82, 2.24) is 4.98 Å². The molecule has 2 aromatic rings. The van der Waals surface area contributed by atoms with Gasteiger partial charge in [-0.25, -0.2) is 4.98 Å². The minimum atomic E-state index is -5.86. The maximum Gasteiger partial charge on any atom is 0.534 e. The highest BCUT2D eigenvalue weighted by atomic mass is 32.2. The van der Waals surface area contributed by atoms with E-state index in [4.69, 9.17) is 4.74 Å². The fourth-order valence-electron chi connectivity index (χ4n) is 3.38. The molecule has 1 heterocycles. The first kappa shape index (κ1) is 25.1. The van der Waals surface area contributed by atoms with Gasteiger partial charge >= 0.3 is 15.6 Å². The molecule has 0 N–H and O–H groups in total. The van der Waals surface area contributed by atoms with Crippen molar-refractivity contribution in [2.75, 3.05) is 0 Å². The highest BCUT2D eigenvalue weighted by Crippen LogP contribution is 2.41. The van der Waals surface area contributed by atoms with Crippen molar-refractivity contribution in [3.8, 4) is 17.0 Å². The van der Waals surface area contributed by atoms with Crippen LogP contribution in [0.2, 0.25) is 0 Å². The van der Waals surface area contributed by atoms with E-state index in [9.17, 15) is 21.6 Å². The van der Waals surface area contributed by atoms with Crippen LogP contribution in [0.15, 0.2) is 18.2 Å². The number of hydrogen-bond donors (Lipinski definition) is 0. The lowest BCUT2D eigenvalue weighted by Gasteiger charge is -2.29. The number of aryl methyl sites for hydroxylation is 3. The molecule has 2 rings (SSSR count). The minimum absolute atomic E-state index is 0.170. The highest BCUT2D eigenvalue weighted by Gasteiger charge is 2.49. The van der Waals surface area contributed by atoms with Crippen molar-refractivity contribution in [1.29, 1.82) is 0 Å². The summed E-state index contributed by atoms with van der Waals surface area (Å²) in [6.07, 6.45) is -0.575. The summed E-state index contributed by atoms with van der Waals surface area (Å²) in [5.41, 5.74) is -1.48. The topological polar surface area (TPSA) is 65.5 Å². The van der Waals surface area contributed by atoms with Crippen molar-refractivity contribution < 1.29 is 30.5 Å². The van der Waals surface area contributed by atoms with Crippen LogP contribution in [0, 0.1) is 27.7 Å². The lowest BCUT2D eigenvalue weighted by atomic mass is 9.90. The van der Waals surface area contributed by atoms with E-state index in [0.29, 0.717) is 16.8 Å². The zero-order valence-electron chi connectivity index (χ0n) is 18.9. The fraction of sp³-hybridized carbons (Fsp3) is 0.500. The number of hydrogen-bond acceptors (Lipinski definition) is 5. The third-order valence-electron chi connectivity index (χ3n) is 4.83. The second-order valence-corrected chi connectivity index (χ2v) is 10.1. The summed E-state index contributed by atoms with van der Waals surface area (Å²) in [5.74, 6) is -0.609. The zero-order valence-corrected chi connectivity index (χ0v) is 19.7. The van der Waals surface area contributed by atoms with E-state index < -0.39 is 33.2 Å². The minimum Gasteiger partial charge on any atom is -0.368 e. The van der Waals surface area contributed by atoms with Crippen LogP contribution in [-0.4, -0.2) is 24.5 Å². The molecule has 0 amide bonds. The number of pyridine rings is 1. The molecule has 0 spiro atoms. The van der Waals surface area contributed by atoms with Crippen molar-refractivity contribution in [3.63, 3.8) is 0 Å². The molecular weight excluding hydrogens is 431 g/mol. The molecule has 0 fully saturated rings. The Morgan fingerprint density at radius 2 is 1.58 bits per heavy atom. The van der Waals surface area contributed by atoms with E-state index in [1.165, 1.54) is 6.92 Å². The number of aromatic nitrogens is 1. The Hall–Kier alpha value is -2.13. The van der Waals surface area contributed by atoms with Gasteiger partial charge in [-0.3, -0.25) is 0 Å². The molecule has 0 aliphatic heterocycles. The summed E-state index contributed by atoms with van der Waals surface area (Å²) in [5, 5.41) is 0. The van der Waals surface area contributed by atoms with Gasteiger partial charge in [-0.2, -0.15) is 21.6 Å². The van der Waals surface area contributed by atoms with Crippen LogP contribution in [0.25, 0.3) is 11.1 Å². The molecule has 1 atom stereocenters. The maximum atomic E-state index is 12.9. The van der Waals surface area contributed by atoms with E-state index in [-0.39, 0.29) is 5.56 Å². The van der Waals surface area contributed by atoms with Crippen molar-refractivity contribution in [2.45, 2.75) is 72.6 Å². The SMILES string of the molecule is Cc1ccc(-c2c(C)nc(OS(=O)(=O)C(F)(F)F)c(C)c2C(C)OC(C)(C)C)cc1C. The Labute approximate surface area is 181 Å². The van der Waals surface area contributed by atoms with Crippen LogP contribution in [0.4, 0.5) is 13.2 Å². The standard InChI is InChI=1S/C22H28F3NO4S/c1-12-9-10-17(11-13(12)2)19-15(4)26-20(30-31(27,28)22(23,24)25)14(3)18(19)16(5)29-21(6,7)8/h9-11,16H,1-8H3. The number of alkyl halides is 3. The van der Waals surface area contributed by atoms with Gasteiger partial charge in [0.25, 0.3) is 0 Å². The predicted octanol–water partition coefficient (Wildman–Crippen LogP) is 6.09. The number of benzene rings is 1. The quantitative estimate of drug-likeness (QED) is 0.400. The second kappa shape index (κ2) is 8.43. The van der Waals surface area contributed by atoms with E-state index in [0.717, 1.165) is 16.7 Å². The predicted molar refractivity (Wildman–Crippen MR) is 113 cm³/mol. The molecule has 5 nitrogen and oxygen atoms in total. The molecule has 9 heteroatoms. The largest absolute Gasteiger partial charge is 0.534 e. The first-order valence-electron chi connectivity index (χ1n) is 9.72. The Bertz CT molecular complexity index is 1090. The van der Waals surface area contributed by atoms with Crippen LogP contribution in [0.1, 0.15) is 61.7 Å². The lowest BCUT2D eigenvalue weighted by molar-refractivity contribution is -0.0531. The van der Waals surface area contributed by atoms with Crippen LogP contribution < -0.4 is 4.18 Å². The lowest BCUT2D eigenvalue weighted by Crippen LogP contribution is -2.29. The molecule has 172 valence electrons. The Kier molecular flexibility index (Phi) is 6.83. The van der Waals surface area contributed by atoms with Crippen molar-refractivity contribution in [3.05, 3.63) is 46.1 Å². The first-order valence-corrected chi connectivity index (χ1v) is 11.1. The molecule has 1 aromatic heterocycles. The van der Waals surface area contributed by atoms with Gasteiger partial charge in [0, 0.05) is 16.8 Å². The van der Waals surface area contributed by atoms with E-state index >= 15 is 0 Å². The van der Waals surface area contributed by atoms with E-state index in [2.05, 4.69) is 9.17 Å². The Morgan fingerprint density at radius 3 is 2.06 bits per heavy atom. The van der Waals surface area contributed by atoms with E-state index in [1.54, 1.807) is 13.8 Å². The van der Waals surface area contributed by atoms with Gasteiger partial charge in [-0.15, -0.1) is 0 Å². The second-order valence-electron chi connectivity index (χ2n) is 8.57. The fourth-order valence-corrected chi connectivity index (χ4v) is 3.85. The molecule has 0 aliphatic rings. The maximum absolute atomic E-state index is 12.9. The molecule has 0 saturated heterocycles. The van der Waals surface area contributed by atoms with E-state index in [1.807, 2.05) is 52.8 Å². The zero-order chi connectivity index (χ0) is 23.9. The molecule has 0 aliphatic carbocycles. The highest BCUT2D eigenvalue weighted by molar-refractivity contribution is 7.87. The monoisotopic (exact) mass is 459 g/mol. The molecule has 31 heavy (non-hydrogen) atoms. The third-order valence-corrected chi connectivity index (χ3v) is 5.77.